The molecular formula is C10H14BrNO2. The molecule has 3 N–H and O–H groups in total. The molecule has 1 unspecified atom stereocenters. The van der Waals surface area contributed by atoms with Gasteiger partial charge in [0.2, 0.25) is 0 Å². The molecule has 0 spiro atoms. The van der Waals surface area contributed by atoms with Crippen LogP contribution in [0.3, 0.4) is 0 Å². The highest BCUT2D eigenvalue weighted by Gasteiger charge is 2.02. The van der Waals surface area contributed by atoms with Crippen molar-refractivity contribution >= 4 is 21.6 Å². The minimum atomic E-state index is 0.128. The summed E-state index contributed by atoms with van der Waals surface area (Å²) in [4.78, 5) is 0. The van der Waals surface area contributed by atoms with Gasteiger partial charge >= 0.3 is 0 Å². The highest BCUT2D eigenvalue weighted by Crippen LogP contribution is 2.23. The molecule has 4 heteroatoms. The van der Waals surface area contributed by atoms with E-state index in [-0.39, 0.29) is 12.5 Å². The fraction of sp³-hybridized carbons (Fsp3) is 0.400. The lowest BCUT2D eigenvalue weighted by molar-refractivity contribution is 0.174. The summed E-state index contributed by atoms with van der Waals surface area (Å²) in [6, 6.07) is 5.41. The standard InChI is InChI=1S/C10H14BrNO2/c1-7(5-13)6-14-10-3-8(11)2-9(12)4-10/h2-4,7,13H,5-6,12H2,1H3. The maximum Gasteiger partial charge on any atom is 0.122 e. The Morgan fingerprint density at radius 3 is 2.79 bits per heavy atom. The van der Waals surface area contributed by atoms with Gasteiger partial charge in [0.1, 0.15) is 5.75 Å². The van der Waals surface area contributed by atoms with Crippen LogP contribution in [-0.4, -0.2) is 18.3 Å². The van der Waals surface area contributed by atoms with E-state index in [1.54, 1.807) is 6.07 Å². The zero-order valence-corrected chi connectivity index (χ0v) is 9.62. The van der Waals surface area contributed by atoms with Crippen molar-refractivity contribution in [2.75, 3.05) is 18.9 Å². The summed E-state index contributed by atoms with van der Waals surface area (Å²) < 4.78 is 6.34. The fourth-order valence-corrected chi connectivity index (χ4v) is 1.45. The predicted octanol–water partition coefficient (Wildman–Crippen LogP) is 2.04. The van der Waals surface area contributed by atoms with Gasteiger partial charge in [0, 0.05) is 28.8 Å². The molecule has 78 valence electrons. The monoisotopic (exact) mass is 259 g/mol. The molecule has 0 saturated heterocycles. The second kappa shape index (κ2) is 5.22. The van der Waals surface area contributed by atoms with E-state index in [4.69, 9.17) is 15.6 Å². The number of hydrogen-bond acceptors (Lipinski definition) is 3. The van der Waals surface area contributed by atoms with E-state index in [1.807, 2.05) is 19.1 Å². The Bertz CT molecular complexity index is 284. The molecule has 14 heavy (non-hydrogen) atoms. The molecule has 0 aliphatic heterocycles. The van der Waals surface area contributed by atoms with E-state index < -0.39 is 0 Å². The summed E-state index contributed by atoms with van der Waals surface area (Å²) in [5.74, 6) is 0.854. The molecule has 0 radical (unpaired) electrons. The van der Waals surface area contributed by atoms with Crippen molar-refractivity contribution in [3.8, 4) is 5.75 Å². The van der Waals surface area contributed by atoms with Crippen LogP contribution in [-0.2, 0) is 0 Å². The molecule has 1 rings (SSSR count). The molecule has 0 aliphatic carbocycles. The summed E-state index contributed by atoms with van der Waals surface area (Å²) >= 11 is 3.33. The van der Waals surface area contributed by atoms with Crippen molar-refractivity contribution in [2.24, 2.45) is 5.92 Å². The van der Waals surface area contributed by atoms with Crippen LogP contribution in [0.25, 0.3) is 0 Å². The first-order valence-corrected chi connectivity index (χ1v) is 5.21. The predicted molar refractivity (Wildman–Crippen MR) is 60.3 cm³/mol. The van der Waals surface area contributed by atoms with Gasteiger partial charge in [-0.2, -0.15) is 0 Å². The number of nitrogens with two attached hydrogens (primary N) is 1. The quantitative estimate of drug-likeness (QED) is 0.814. The summed E-state index contributed by atoms with van der Waals surface area (Å²) in [7, 11) is 0. The van der Waals surface area contributed by atoms with Crippen molar-refractivity contribution < 1.29 is 9.84 Å². The number of aliphatic hydroxyl groups excluding tert-OH is 1. The molecule has 0 bridgehead atoms. The van der Waals surface area contributed by atoms with E-state index in [9.17, 15) is 0 Å². The molecular weight excluding hydrogens is 246 g/mol. The third-order valence-electron chi connectivity index (χ3n) is 1.74. The zero-order chi connectivity index (χ0) is 10.6. The lowest BCUT2D eigenvalue weighted by atomic mass is 10.2. The topological polar surface area (TPSA) is 55.5 Å². The van der Waals surface area contributed by atoms with E-state index in [0.717, 1.165) is 10.2 Å². The fourth-order valence-electron chi connectivity index (χ4n) is 0.959. The van der Waals surface area contributed by atoms with Gasteiger partial charge in [-0.3, -0.25) is 0 Å². The first-order chi connectivity index (χ1) is 6.61. The highest BCUT2D eigenvalue weighted by molar-refractivity contribution is 9.10. The molecule has 0 fully saturated rings. The maximum atomic E-state index is 8.81. The average Bonchev–Trinajstić information content (AvgIpc) is 2.12. The van der Waals surface area contributed by atoms with Gasteiger partial charge in [-0.15, -0.1) is 0 Å². The third-order valence-corrected chi connectivity index (χ3v) is 2.20. The maximum absolute atomic E-state index is 8.81. The normalized spacial score (nSPS) is 12.5. The average molecular weight is 260 g/mol. The summed E-state index contributed by atoms with van der Waals surface area (Å²) in [6.45, 7) is 2.54. The zero-order valence-electron chi connectivity index (χ0n) is 8.03. The van der Waals surface area contributed by atoms with Crippen LogP contribution in [0.15, 0.2) is 22.7 Å². The summed E-state index contributed by atoms with van der Waals surface area (Å²) in [5.41, 5.74) is 6.30. The van der Waals surface area contributed by atoms with Gasteiger partial charge < -0.3 is 15.6 Å². The van der Waals surface area contributed by atoms with Crippen molar-refractivity contribution in [2.45, 2.75) is 6.92 Å². The van der Waals surface area contributed by atoms with Crippen molar-refractivity contribution in [3.05, 3.63) is 22.7 Å². The Morgan fingerprint density at radius 2 is 2.21 bits per heavy atom. The SMILES string of the molecule is CC(CO)COc1cc(N)cc(Br)c1. The number of nitrogen functional groups attached to an aromatic ring is 1. The Labute approximate surface area is 92.0 Å². The molecule has 3 nitrogen and oxygen atoms in total. The Balaban J connectivity index is 2.58. The first-order valence-electron chi connectivity index (χ1n) is 4.41. The van der Waals surface area contributed by atoms with Crippen LogP contribution in [0, 0.1) is 5.92 Å². The number of halogens is 1. The van der Waals surface area contributed by atoms with Crippen LogP contribution in [0.1, 0.15) is 6.92 Å². The van der Waals surface area contributed by atoms with Crippen LogP contribution in [0.5, 0.6) is 5.75 Å². The first kappa shape index (κ1) is 11.3. The Kier molecular flexibility index (Phi) is 4.22. The largest absolute Gasteiger partial charge is 0.493 e. The van der Waals surface area contributed by atoms with E-state index in [0.29, 0.717) is 12.3 Å². The van der Waals surface area contributed by atoms with Crippen molar-refractivity contribution in [3.63, 3.8) is 0 Å². The van der Waals surface area contributed by atoms with E-state index >= 15 is 0 Å². The van der Waals surface area contributed by atoms with Gasteiger partial charge in [-0.05, 0) is 12.1 Å². The van der Waals surface area contributed by atoms with Gasteiger partial charge in [0.15, 0.2) is 0 Å². The van der Waals surface area contributed by atoms with E-state index in [2.05, 4.69) is 15.9 Å². The number of rotatable bonds is 4. The third kappa shape index (κ3) is 3.55. The van der Waals surface area contributed by atoms with Gasteiger partial charge in [0.25, 0.3) is 0 Å². The van der Waals surface area contributed by atoms with Crippen LogP contribution in [0.4, 0.5) is 5.69 Å². The molecule has 0 aliphatic rings. The van der Waals surface area contributed by atoms with Gasteiger partial charge in [-0.25, -0.2) is 0 Å². The lowest BCUT2D eigenvalue weighted by Crippen LogP contribution is -2.12. The minimum Gasteiger partial charge on any atom is -0.493 e. The smallest absolute Gasteiger partial charge is 0.122 e. The molecule has 1 atom stereocenters. The number of benzene rings is 1. The van der Waals surface area contributed by atoms with Crippen molar-refractivity contribution in [1.29, 1.82) is 0 Å². The number of ether oxygens (including phenoxy) is 1. The second-order valence-corrected chi connectivity index (χ2v) is 4.23. The number of aliphatic hydroxyl groups is 1. The number of hydrogen-bond donors (Lipinski definition) is 2. The van der Waals surface area contributed by atoms with Crippen LogP contribution >= 0.6 is 15.9 Å². The summed E-state index contributed by atoms with van der Waals surface area (Å²) in [6.07, 6.45) is 0. The van der Waals surface area contributed by atoms with Crippen molar-refractivity contribution in [1.82, 2.24) is 0 Å². The molecule has 1 aromatic rings. The lowest BCUT2D eigenvalue weighted by Gasteiger charge is -2.11. The molecule has 0 amide bonds. The second-order valence-electron chi connectivity index (χ2n) is 3.32. The molecule has 0 saturated carbocycles. The Hall–Kier alpha value is -0.740. The summed E-state index contributed by atoms with van der Waals surface area (Å²) in [5, 5.41) is 8.81. The highest BCUT2D eigenvalue weighted by atomic mass is 79.9. The van der Waals surface area contributed by atoms with E-state index in [1.165, 1.54) is 0 Å². The Morgan fingerprint density at radius 1 is 1.50 bits per heavy atom. The van der Waals surface area contributed by atoms with Gasteiger partial charge in [0.05, 0.1) is 6.61 Å². The van der Waals surface area contributed by atoms with Crippen LogP contribution in [0.2, 0.25) is 0 Å². The van der Waals surface area contributed by atoms with Gasteiger partial charge in [-0.1, -0.05) is 22.9 Å². The minimum absolute atomic E-state index is 0.128. The number of anilines is 1. The van der Waals surface area contributed by atoms with Crippen LogP contribution < -0.4 is 10.5 Å². The molecule has 1 aromatic carbocycles. The molecule has 0 heterocycles. The molecule has 0 aromatic heterocycles.